The Morgan fingerprint density at radius 3 is 2.86 bits per heavy atom. The summed E-state index contributed by atoms with van der Waals surface area (Å²) in [5.41, 5.74) is 2.87. The first kappa shape index (κ1) is 11.9. The summed E-state index contributed by atoms with van der Waals surface area (Å²) in [4.78, 5) is 0. The molecule has 0 atom stereocenters. The van der Waals surface area contributed by atoms with Gasteiger partial charge in [-0.1, -0.05) is 12.1 Å². The molecule has 1 aromatic heterocycles. The van der Waals surface area contributed by atoms with E-state index >= 15 is 0 Å². The summed E-state index contributed by atoms with van der Waals surface area (Å²) in [6.45, 7) is 3.28. The number of halogens is 1. The van der Waals surface area contributed by atoms with Crippen molar-refractivity contribution in [2.45, 2.75) is 13.5 Å². The zero-order chi connectivity index (χ0) is 9.26. The molecule has 1 aromatic carbocycles. The number of aryl methyl sites for hydroxylation is 1. The van der Waals surface area contributed by atoms with Crippen LogP contribution < -0.4 is 29.3 Å². The van der Waals surface area contributed by atoms with Gasteiger partial charge in [0.15, 0.2) is 0 Å². The van der Waals surface area contributed by atoms with Crippen molar-refractivity contribution < 1.29 is 29.3 Å². The molecule has 2 aromatic rings. The molecule has 14 heavy (non-hydrogen) atoms. The van der Waals surface area contributed by atoms with Crippen molar-refractivity contribution in [3.63, 3.8) is 0 Å². The number of hydrogen-bond donors (Lipinski definition) is 1. The van der Waals surface area contributed by atoms with E-state index in [4.69, 9.17) is 0 Å². The monoisotopic (exact) mass is 319 g/mol. The van der Waals surface area contributed by atoms with Gasteiger partial charge in [-0.05, 0) is 18.6 Å². The third kappa shape index (κ3) is 2.10. The number of thiophene rings is 1. The molecule has 0 saturated carbocycles. The van der Waals surface area contributed by atoms with Gasteiger partial charge in [0.25, 0.3) is 0 Å². The van der Waals surface area contributed by atoms with E-state index in [2.05, 4.69) is 42.9 Å². The molecule has 1 heterocycles. The molecule has 0 saturated heterocycles. The molecule has 0 spiro atoms. The van der Waals surface area contributed by atoms with Gasteiger partial charge >= 0.3 is 0 Å². The standard InChI is InChI=1S/C11H13NS.HI/c1-8-4-3-5-10-11(8)9(6-12-2)7-13-10;/h3-5,7,12H,6H2,1-2H3;1H. The lowest BCUT2D eigenvalue weighted by atomic mass is 10.1. The average Bonchev–Trinajstić information content (AvgIpc) is 2.51. The lowest BCUT2D eigenvalue weighted by molar-refractivity contribution is -0.643. The summed E-state index contributed by atoms with van der Waals surface area (Å²) in [6, 6.07) is 6.52. The van der Waals surface area contributed by atoms with Gasteiger partial charge in [-0.2, -0.15) is 0 Å². The number of nitrogens with two attached hydrogens (primary N) is 1. The molecule has 3 heteroatoms. The molecule has 0 fully saturated rings. The molecule has 0 aliphatic rings. The van der Waals surface area contributed by atoms with Crippen LogP contribution in [-0.4, -0.2) is 7.05 Å². The highest BCUT2D eigenvalue weighted by molar-refractivity contribution is 7.17. The molecule has 0 aliphatic heterocycles. The first-order valence-electron chi connectivity index (χ1n) is 4.56. The van der Waals surface area contributed by atoms with Gasteiger partial charge in [0.2, 0.25) is 0 Å². The van der Waals surface area contributed by atoms with E-state index in [-0.39, 0.29) is 24.0 Å². The van der Waals surface area contributed by atoms with Crippen LogP contribution in [0.15, 0.2) is 23.6 Å². The van der Waals surface area contributed by atoms with Crippen LogP contribution in [0.25, 0.3) is 10.1 Å². The van der Waals surface area contributed by atoms with Crippen molar-refractivity contribution in [2.75, 3.05) is 7.05 Å². The molecule has 0 radical (unpaired) electrons. The fourth-order valence-corrected chi connectivity index (χ4v) is 2.76. The van der Waals surface area contributed by atoms with Crippen molar-refractivity contribution >= 4 is 21.4 Å². The molecule has 0 unspecified atom stereocenters. The van der Waals surface area contributed by atoms with Gasteiger partial charge in [-0.25, -0.2) is 0 Å². The van der Waals surface area contributed by atoms with E-state index in [0.29, 0.717) is 0 Å². The van der Waals surface area contributed by atoms with Crippen LogP contribution in [0.1, 0.15) is 11.1 Å². The van der Waals surface area contributed by atoms with Crippen LogP contribution in [0, 0.1) is 6.92 Å². The van der Waals surface area contributed by atoms with Crippen molar-refractivity contribution in [1.82, 2.24) is 0 Å². The summed E-state index contributed by atoms with van der Waals surface area (Å²) in [5, 5.41) is 5.96. The quantitative estimate of drug-likeness (QED) is 0.678. The Morgan fingerprint density at radius 1 is 1.36 bits per heavy atom. The molecule has 0 bridgehead atoms. The minimum Gasteiger partial charge on any atom is -1.00 e. The summed E-state index contributed by atoms with van der Waals surface area (Å²) in [6.07, 6.45) is 0. The predicted octanol–water partition coefficient (Wildman–Crippen LogP) is -1.09. The molecule has 76 valence electrons. The van der Waals surface area contributed by atoms with Crippen molar-refractivity contribution in [3.05, 3.63) is 34.7 Å². The second kappa shape index (κ2) is 5.09. The summed E-state index contributed by atoms with van der Waals surface area (Å²) in [7, 11) is 2.11. The number of hydrogen-bond acceptors (Lipinski definition) is 1. The lowest BCUT2D eigenvalue weighted by Gasteiger charge is -1.98. The molecule has 2 rings (SSSR count). The molecular formula is C11H14INS. The normalized spacial score (nSPS) is 10.1. The Balaban J connectivity index is 0.000000980. The Bertz CT molecular complexity index is 422. The molecule has 1 nitrogen and oxygen atoms in total. The third-order valence-electron chi connectivity index (χ3n) is 2.31. The van der Waals surface area contributed by atoms with Crippen LogP contribution in [0.3, 0.4) is 0 Å². The molecule has 2 N–H and O–H groups in total. The van der Waals surface area contributed by atoms with E-state index in [1.165, 1.54) is 21.2 Å². The van der Waals surface area contributed by atoms with Crippen molar-refractivity contribution in [3.8, 4) is 0 Å². The SMILES string of the molecule is C[NH2+]Cc1csc2cccc(C)c12.[I-]. The fourth-order valence-electron chi connectivity index (χ4n) is 1.71. The summed E-state index contributed by atoms with van der Waals surface area (Å²) >= 11 is 1.85. The van der Waals surface area contributed by atoms with Gasteiger partial charge < -0.3 is 29.3 Å². The maximum Gasteiger partial charge on any atom is 0.102 e. The zero-order valence-electron chi connectivity index (χ0n) is 8.38. The topological polar surface area (TPSA) is 16.6 Å². The number of benzene rings is 1. The highest BCUT2D eigenvalue weighted by Gasteiger charge is 2.05. The smallest absolute Gasteiger partial charge is 0.102 e. The van der Waals surface area contributed by atoms with Gasteiger partial charge in [-0.3, -0.25) is 0 Å². The van der Waals surface area contributed by atoms with Crippen molar-refractivity contribution in [2.24, 2.45) is 0 Å². The number of quaternary nitrogens is 1. The largest absolute Gasteiger partial charge is 1.00 e. The third-order valence-corrected chi connectivity index (χ3v) is 3.30. The maximum atomic E-state index is 2.28. The predicted molar refractivity (Wildman–Crippen MR) is 58.1 cm³/mol. The number of rotatable bonds is 2. The van der Waals surface area contributed by atoms with Gasteiger partial charge in [-0.15, -0.1) is 11.3 Å². The number of fused-ring (bicyclic) bond motifs is 1. The Kier molecular flexibility index (Phi) is 4.34. The highest BCUT2D eigenvalue weighted by Crippen LogP contribution is 2.27. The average molecular weight is 319 g/mol. The first-order chi connectivity index (χ1) is 6.33. The minimum atomic E-state index is 0. The second-order valence-electron chi connectivity index (χ2n) is 3.32. The zero-order valence-corrected chi connectivity index (χ0v) is 11.4. The van der Waals surface area contributed by atoms with Gasteiger partial charge in [0, 0.05) is 21.0 Å². The van der Waals surface area contributed by atoms with Gasteiger partial charge in [0.1, 0.15) is 6.54 Å². The Morgan fingerprint density at radius 2 is 2.14 bits per heavy atom. The van der Waals surface area contributed by atoms with Gasteiger partial charge in [0.05, 0.1) is 7.05 Å². The van der Waals surface area contributed by atoms with E-state index < -0.39 is 0 Å². The highest BCUT2D eigenvalue weighted by atomic mass is 127. The fraction of sp³-hybridized carbons (Fsp3) is 0.273. The molecule has 0 aliphatic carbocycles. The summed E-state index contributed by atoms with van der Waals surface area (Å²) in [5.74, 6) is 0. The van der Waals surface area contributed by atoms with E-state index in [1.54, 1.807) is 0 Å². The van der Waals surface area contributed by atoms with Crippen molar-refractivity contribution in [1.29, 1.82) is 0 Å². The van der Waals surface area contributed by atoms with Crippen LogP contribution in [0.4, 0.5) is 0 Å². The van der Waals surface area contributed by atoms with Crippen LogP contribution in [0.2, 0.25) is 0 Å². The van der Waals surface area contributed by atoms with Crippen LogP contribution >= 0.6 is 11.3 Å². The van der Waals surface area contributed by atoms with Crippen LogP contribution in [0.5, 0.6) is 0 Å². The van der Waals surface area contributed by atoms with E-state index in [1.807, 2.05) is 11.3 Å². The van der Waals surface area contributed by atoms with E-state index in [0.717, 1.165) is 6.54 Å². The lowest BCUT2D eigenvalue weighted by Crippen LogP contribution is -3.00. The minimum absolute atomic E-state index is 0. The maximum absolute atomic E-state index is 2.28. The van der Waals surface area contributed by atoms with Crippen LogP contribution in [-0.2, 0) is 6.54 Å². The summed E-state index contributed by atoms with van der Waals surface area (Å²) < 4.78 is 1.41. The molecular weight excluding hydrogens is 305 g/mol. The Labute approximate surface area is 106 Å². The molecule has 0 amide bonds. The second-order valence-corrected chi connectivity index (χ2v) is 4.23. The first-order valence-corrected chi connectivity index (χ1v) is 5.44. The van der Waals surface area contributed by atoms with E-state index in [9.17, 15) is 0 Å². The Hall–Kier alpha value is -0.130.